The summed E-state index contributed by atoms with van der Waals surface area (Å²) in [6, 6.07) is 18.7. The van der Waals surface area contributed by atoms with Crippen LogP contribution < -0.4 is 10.6 Å². The van der Waals surface area contributed by atoms with E-state index >= 15 is 0 Å². The Labute approximate surface area is 146 Å². The average molecular weight is 340 g/mol. The van der Waals surface area contributed by atoms with Gasteiger partial charge in [0.05, 0.1) is 12.1 Å². The van der Waals surface area contributed by atoms with Gasteiger partial charge in [-0.2, -0.15) is 0 Å². The van der Waals surface area contributed by atoms with Crippen molar-refractivity contribution in [1.82, 2.24) is 10.6 Å². The highest BCUT2D eigenvalue weighted by atomic mass is 16.6. The molecule has 0 bridgehead atoms. The van der Waals surface area contributed by atoms with Crippen LogP contribution in [-0.2, 0) is 22.7 Å². The number of ether oxygens (including phenoxy) is 2. The molecule has 1 aliphatic rings. The molecule has 6 nitrogen and oxygen atoms in total. The van der Waals surface area contributed by atoms with E-state index in [9.17, 15) is 9.59 Å². The highest BCUT2D eigenvalue weighted by molar-refractivity contribution is 5.70. The van der Waals surface area contributed by atoms with Crippen molar-refractivity contribution in [2.75, 3.05) is 0 Å². The number of carbonyl (C=O) groups is 2. The molecule has 0 aromatic heterocycles. The third-order valence-corrected chi connectivity index (χ3v) is 3.82. The lowest BCUT2D eigenvalue weighted by Crippen LogP contribution is -2.35. The minimum atomic E-state index is -0.490. The smallest absolute Gasteiger partial charge is 0.407 e. The highest BCUT2D eigenvalue weighted by Crippen LogP contribution is 2.21. The van der Waals surface area contributed by atoms with Crippen molar-refractivity contribution in [2.24, 2.45) is 0 Å². The summed E-state index contributed by atoms with van der Waals surface area (Å²) in [5.41, 5.74) is 1.85. The second-order valence-electron chi connectivity index (χ2n) is 5.86. The van der Waals surface area contributed by atoms with Crippen molar-refractivity contribution < 1.29 is 19.1 Å². The Hall–Kier alpha value is -3.02. The molecule has 0 radical (unpaired) electrons. The maximum Gasteiger partial charge on any atom is 0.407 e. The first-order chi connectivity index (χ1) is 12.2. The van der Waals surface area contributed by atoms with Gasteiger partial charge in [0.15, 0.2) is 0 Å². The van der Waals surface area contributed by atoms with Gasteiger partial charge >= 0.3 is 12.2 Å². The Morgan fingerprint density at radius 3 is 1.56 bits per heavy atom. The van der Waals surface area contributed by atoms with Gasteiger partial charge in [0.2, 0.25) is 0 Å². The van der Waals surface area contributed by atoms with Crippen molar-refractivity contribution in [3.63, 3.8) is 0 Å². The third-order valence-electron chi connectivity index (χ3n) is 3.82. The summed E-state index contributed by atoms with van der Waals surface area (Å²) < 4.78 is 10.3. The van der Waals surface area contributed by atoms with E-state index in [2.05, 4.69) is 10.6 Å². The normalized spacial score (nSPS) is 18.1. The number of hydrogen-bond acceptors (Lipinski definition) is 4. The maximum absolute atomic E-state index is 11.7. The molecule has 1 fully saturated rings. The fraction of sp³-hybridized carbons (Fsp3) is 0.263. The maximum atomic E-state index is 11.7. The first kappa shape index (κ1) is 16.8. The molecule has 25 heavy (non-hydrogen) atoms. The van der Waals surface area contributed by atoms with E-state index in [0.717, 1.165) is 11.1 Å². The molecule has 2 atom stereocenters. The molecule has 0 aliphatic heterocycles. The van der Waals surface area contributed by atoms with E-state index in [1.165, 1.54) is 0 Å². The first-order valence-corrected chi connectivity index (χ1v) is 8.15. The lowest BCUT2D eigenvalue weighted by Gasteiger charge is -2.08. The first-order valence-electron chi connectivity index (χ1n) is 8.15. The van der Waals surface area contributed by atoms with Crippen LogP contribution in [0.25, 0.3) is 0 Å². The zero-order chi connectivity index (χ0) is 17.5. The minimum absolute atomic E-state index is 0.118. The fourth-order valence-electron chi connectivity index (χ4n) is 2.35. The van der Waals surface area contributed by atoms with Crippen LogP contribution in [0, 0.1) is 0 Å². The van der Waals surface area contributed by atoms with Crippen molar-refractivity contribution in [2.45, 2.75) is 31.7 Å². The summed E-state index contributed by atoms with van der Waals surface area (Å²) in [6.07, 6.45) is -0.312. The number of nitrogens with one attached hydrogen (secondary N) is 2. The van der Waals surface area contributed by atoms with Gasteiger partial charge in [0, 0.05) is 0 Å². The van der Waals surface area contributed by atoms with Crippen molar-refractivity contribution >= 4 is 12.2 Å². The molecule has 0 saturated heterocycles. The lowest BCUT2D eigenvalue weighted by molar-refractivity contribution is 0.134. The molecule has 6 heteroatoms. The quantitative estimate of drug-likeness (QED) is 0.847. The third kappa shape index (κ3) is 5.53. The number of alkyl carbamates (subject to hydrolysis) is 2. The molecule has 0 spiro atoms. The van der Waals surface area contributed by atoms with Crippen LogP contribution in [0.15, 0.2) is 60.7 Å². The Kier molecular flexibility index (Phi) is 5.51. The number of benzene rings is 2. The van der Waals surface area contributed by atoms with Crippen molar-refractivity contribution in [1.29, 1.82) is 0 Å². The van der Waals surface area contributed by atoms with E-state index in [-0.39, 0.29) is 25.3 Å². The van der Waals surface area contributed by atoms with Crippen LogP contribution in [0.3, 0.4) is 0 Å². The molecule has 2 aromatic carbocycles. The van der Waals surface area contributed by atoms with E-state index in [4.69, 9.17) is 9.47 Å². The number of hydrogen-bond donors (Lipinski definition) is 2. The Morgan fingerprint density at radius 1 is 0.760 bits per heavy atom. The molecule has 2 amide bonds. The van der Waals surface area contributed by atoms with Gasteiger partial charge in [-0.3, -0.25) is 0 Å². The van der Waals surface area contributed by atoms with Crippen LogP contribution in [0.5, 0.6) is 0 Å². The summed E-state index contributed by atoms with van der Waals surface area (Å²) in [5.74, 6) is 0. The molecule has 2 aromatic rings. The van der Waals surface area contributed by atoms with Crippen LogP contribution in [0.2, 0.25) is 0 Å². The van der Waals surface area contributed by atoms with Gasteiger partial charge in [0.1, 0.15) is 13.2 Å². The van der Waals surface area contributed by atoms with Gasteiger partial charge < -0.3 is 20.1 Å². The largest absolute Gasteiger partial charge is 0.445 e. The Balaban J connectivity index is 1.31. The predicted octanol–water partition coefficient (Wildman–Crippen LogP) is 2.98. The fourth-order valence-corrected chi connectivity index (χ4v) is 2.35. The standard InChI is InChI=1S/C19H20N2O4/c22-18(24-12-14-7-3-1-4-8-14)20-16-11-17(16)21-19(23)25-13-15-9-5-2-6-10-15/h1-10,16-17H,11-13H2,(H,20,22)(H,21,23)/t16-,17+. The van der Waals surface area contributed by atoms with Crippen LogP contribution >= 0.6 is 0 Å². The molecule has 1 saturated carbocycles. The van der Waals surface area contributed by atoms with E-state index in [1.54, 1.807) is 0 Å². The molecule has 1 aliphatic carbocycles. The average Bonchev–Trinajstić information content (AvgIpc) is 3.37. The number of carbonyl (C=O) groups excluding carboxylic acids is 2. The molecular formula is C19H20N2O4. The van der Waals surface area contributed by atoms with Gasteiger partial charge in [-0.25, -0.2) is 9.59 Å². The summed E-state index contributed by atoms with van der Waals surface area (Å²) in [4.78, 5) is 23.5. The van der Waals surface area contributed by atoms with Gasteiger partial charge in [-0.15, -0.1) is 0 Å². The summed E-state index contributed by atoms with van der Waals surface area (Å²) in [7, 11) is 0. The molecule has 3 rings (SSSR count). The van der Waals surface area contributed by atoms with Gasteiger partial charge in [-0.1, -0.05) is 60.7 Å². The summed E-state index contributed by atoms with van der Waals surface area (Å²) >= 11 is 0. The zero-order valence-corrected chi connectivity index (χ0v) is 13.7. The Bertz CT molecular complexity index is 644. The number of amides is 2. The van der Waals surface area contributed by atoms with E-state index < -0.39 is 12.2 Å². The van der Waals surface area contributed by atoms with E-state index in [1.807, 2.05) is 60.7 Å². The van der Waals surface area contributed by atoms with Crippen molar-refractivity contribution in [3.05, 3.63) is 71.8 Å². The monoisotopic (exact) mass is 340 g/mol. The summed E-state index contributed by atoms with van der Waals surface area (Å²) in [6.45, 7) is 0.438. The molecule has 2 N–H and O–H groups in total. The van der Waals surface area contributed by atoms with Crippen LogP contribution in [0.1, 0.15) is 17.5 Å². The van der Waals surface area contributed by atoms with Crippen LogP contribution in [-0.4, -0.2) is 24.3 Å². The topological polar surface area (TPSA) is 76.7 Å². The van der Waals surface area contributed by atoms with E-state index in [0.29, 0.717) is 6.42 Å². The molecular weight excluding hydrogens is 320 g/mol. The molecule has 130 valence electrons. The highest BCUT2D eigenvalue weighted by Gasteiger charge is 2.40. The molecule has 0 unspecified atom stereocenters. The minimum Gasteiger partial charge on any atom is -0.445 e. The second kappa shape index (κ2) is 8.19. The van der Waals surface area contributed by atoms with Crippen molar-refractivity contribution in [3.8, 4) is 0 Å². The molecule has 0 heterocycles. The predicted molar refractivity (Wildman–Crippen MR) is 91.7 cm³/mol. The Morgan fingerprint density at radius 2 is 1.16 bits per heavy atom. The number of rotatable bonds is 6. The second-order valence-corrected chi connectivity index (χ2v) is 5.86. The zero-order valence-electron chi connectivity index (χ0n) is 13.7. The lowest BCUT2D eigenvalue weighted by atomic mass is 10.2. The summed E-state index contributed by atoms with van der Waals surface area (Å²) in [5, 5.41) is 5.44. The van der Waals surface area contributed by atoms with Crippen LogP contribution in [0.4, 0.5) is 9.59 Å². The SMILES string of the molecule is O=C(N[C@H]1C[C@H]1NC(=O)OCc1ccccc1)OCc1ccccc1. The van der Waals surface area contributed by atoms with Gasteiger partial charge in [-0.05, 0) is 17.5 Å². The van der Waals surface area contributed by atoms with Gasteiger partial charge in [0.25, 0.3) is 0 Å².